The van der Waals surface area contributed by atoms with Crippen LogP contribution in [-0.2, 0) is 11.3 Å². The summed E-state index contributed by atoms with van der Waals surface area (Å²) in [6.07, 6.45) is 0.715. The molecule has 0 bridgehead atoms. The molecule has 0 aliphatic carbocycles. The lowest BCUT2D eigenvalue weighted by molar-refractivity contribution is -0.107. The predicted molar refractivity (Wildman–Crippen MR) is 101 cm³/mol. The average Bonchev–Trinajstić information content (AvgIpc) is 2.95. The maximum absolute atomic E-state index is 11.0. The minimum Gasteiger partial charge on any atom is -0.395 e. The molecule has 0 aliphatic rings. The van der Waals surface area contributed by atoms with Crippen molar-refractivity contribution in [2.75, 3.05) is 6.61 Å². The van der Waals surface area contributed by atoms with Gasteiger partial charge in [-0.2, -0.15) is 0 Å². The molecule has 3 rings (SSSR count). The van der Waals surface area contributed by atoms with E-state index >= 15 is 0 Å². The molecule has 1 atom stereocenters. The zero-order valence-electron chi connectivity index (χ0n) is 12.4. The molecule has 1 N–H and O–H groups in total. The Balaban J connectivity index is 1.99. The highest BCUT2D eigenvalue weighted by atomic mass is 79.9. The lowest BCUT2D eigenvalue weighted by atomic mass is 10.0. The fourth-order valence-corrected chi connectivity index (χ4v) is 4.10. The molecule has 1 aromatic heterocycles. The third-order valence-corrected chi connectivity index (χ3v) is 5.90. The Morgan fingerprint density at radius 1 is 1.17 bits per heavy atom. The molecule has 0 saturated heterocycles. The number of hydrogen-bond acceptors (Lipinski definition) is 5. The minimum absolute atomic E-state index is 0.236. The van der Waals surface area contributed by atoms with Crippen molar-refractivity contribution in [1.29, 1.82) is 0 Å². The molecular formula is C16H13Br2N3O2S. The molecule has 8 heteroatoms. The van der Waals surface area contributed by atoms with Crippen LogP contribution < -0.4 is 0 Å². The molecule has 5 nitrogen and oxygen atoms in total. The smallest absolute Gasteiger partial charge is 0.201 e. The molecule has 0 saturated carbocycles. The van der Waals surface area contributed by atoms with Crippen molar-refractivity contribution >= 4 is 60.7 Å². The van der Waals surface area contributed by atoms with Crippen LogP contribution in [0.3, 0.4) is 0 Å². The van der Waals surface area contributed by atoms with Crippen LogP contribution in [0, 0.1) is 0 Å². The van der Waals surface area contributed by atoms with E-state index in [-0.39, 0.29) is 6.61 Å². The molecule has 0 amide bonds. The van der Waals surface area contributed by atoms with Gasteiger partial charge in [-0.3, -0.25) is 4.57 Å². The lowest BCUT2D eigenvalue weighted by Gasteiger charge is -2.12. The number of benzene rings is 2. The first-order chi connectivity index (χ1) is 11.6. The first-order valence-corrected chi connectivity index (χ1v) is 9.58. The number of rotatable bonds is 6. The van der Waals surface area contributed by atoms with Gasteiger partial charge in [-0.15, -0.1) is 10.2 Å². The number of halogens is 2. The summed E-state index contributed by atoms with van der Waals surface area (Å²) in [5, 5.41) is 19.6. The number of aliphatic hydroxyl groups excluding tert-OH is 1. The summed E-state index contributed by atoms with van der Waals surface area (Å²) in [6.45, 7) is 0.320. The van der Waals surface area contributed by atoms with Gasteiger partial charge in [0.1, 0.15) is 6.29 Å². The van der Waals surface area contributed by atoms with E-state index in [1.807, 2.05) is 22.8 Å². The van der Waals surface area contributed by atoms with E-state index < -0.39 is 5.25 Å². The highest BCUT2D eigenvalue weighted by Crippen LogP contribution is 2.30. The second-order valence-electron chi connectivity index (χ2n) is 5.06. The molecule has 3 aromatic rings. The molecule has 0 radical (unpaired) electrons. The van der Waals surface area contributed by atoms with Crippen LogP contribution in [0.25, 0.3) is 10.8 Å². The van der Waals surface area contributed by atoms with Gasteiger partial charge in [0.2, 0.25) is 4.73 Å². The summed E-state index contributed by atoms with van der Waals surface area (Å²) in [6, 6.07) is 12.2. The third kappa shape index (κ3) is 3.56. The Morgan fingerprint density at radius 2 is 1.92 bits per heavy atom. The predicted octanol–water partition coefficient (Wildman–Crippen LogP) is 3.66. The number of hydrogen-bond donors (Lipinski definition) is 1. The topological polar surface area (TPSA) is 68.0 Å². The van der Waals surface area contributed by atoms with Crippen LogP contribution in [0.4, 0.5) is 0 Å². The highest BCUT2D eigenvalue weighted by molar-refractivity contribution is 9.10. The van der Waals surface area contributed by atoms with Gasteiger partial charge in [-0.1, -0.05) is 58.0 Å². The molecule has 0 fully saturated rings. The van der Waals surface area contributed by atoms with E-state index in [4.69, 9.17) is 0 Å². The quantitative estimate of drug-likeness (QED) is 0.439. The Labute approximate surface area is 159 Å². The Morgan fingerprint density at radius 3 is 2.62 bits per heavy atom. The van der Waals surface area contributed by atoms with Crippen molar-refractivity contribution < 1.29 is 9.90 Å². The van der Waals surface area contributed by atoms with Gasteiger partial charge >= 0.3 is 0 Å². The van der Waals surface area contributed by atoms with Crippen molar-refractivity contribution in [2.45, 2.75) is 17.0 Å². The number of thioether (sulfide) groups is 1. The number of nitrogens with zero attached hydrogens (tertiary/aromatic N) is 3. The van der Waals surface area contributed by atoms with E-state index in [1.54, 1.807) is 0 Å². The van der Waals surface area contributed by atoms with E-state index in [0.29, 0.717) is 22.7 Å². The summed E-state index contributed by atoms with van der Waals surface area (Å²) in [5.41, 5.74) is 1.11. The number of aliphatic hydroxyl groups is 1. The van der Waals surface area contributed by atoms with Gasteiger partial charge in [0.15, 0.2) is 5.16 Å². The van der Waals surface area contributed by atoms with Crippen LogP contribution >= 0.6 is 43.6 Å². The van der Waals surface area contributed by atoms with Crippen LogP contribution in [0.5, 0.6) is 0 Å². The molecule has 1 unspecified atom stereocenters. The third-order valence-electron chi connectivity index (χ3n) is 3.55. The monoisotopic (exact) mass is 469 g/mol. The van der Waals surface area contributed by atoms with Crippen LogP contribution in [0.1, 0.15) is 5.56 Å². The number of fused-ring (bicyclic) bond motifs is 1. The van der Waals surface area contributed by atoms with E-state index in [9.17, 15) is 9.90 Å². The largest absolute Gasteiger partial charge is 0.395 e. The number of aldehydes is 1. The van der Waals surface area contributed by atoms with Crippen molar-refractivity contribution in [3.8, 4) is 0 Å². The number of carbonyl (C=O) groups excluding carboxylic acids is 1. The molecule has 2 aromatic carbocycles. The van der Waals surface area contributed by atoms with Crippen LogP contribution in [-0.4, -0.2) is 38.0 Å². The van der Waals surface area contributed by atoms with Crippen molar-refractivity contribution in [3.63, 3.8) is 0 Å². The maximum atomic E-state index is 11.0. The molecule has 124 valence electrons. The maximum Gasteiger partial charge on any atom is 0.201 e. The number of aromatic nitrogens is 3. The molecule has 0 aliphatic heterocycles. The van der Waals surface area contributed by atoms with Gasteiger partial charge in [-0.25, -0.2) is 0 Å². The second kappa shape index (κ2) is 7.77. The number of carbonyl (C=O) groups is 1. The zero-order chi connectivity index (χ0) is 17.1. The van der Waals surface area contributed by atoms with Gasteiger partial charge in [0.05, 0.1) is 18.4 Å². The van der Waals surface area contributed by atoms with Gasteiger partial charge in [0, 0.05) is 4.47 Å². The fourth-order valence-electron chi connectivity index (χ4n) is 2.37. The van der Waals surface area contributed by atoms with Gasteiger partial charge < -0.3 is 9.90 Å². The van der Waals surface area contributed by atoms with Crippen molar-refractivity contribution in [3.05, 3.63) is 51.2 Å². The molecule has 24 heavy (non-hydrogen) atoms. The zero-order valence-corrected chi connectivity index (χ0v) is 16.4. The van der Waals surface area contributed by atoms with E-state index in [1.165, 1.54) is 11.8 Å². The Hall–Kier alpha value is -1.22. The van der Waals surface area contributed by atoms with Crippen LogP contribution in [0.15, 0.2) is 50.8 Å². The standard InChI is InChI=1S/C16H13Br2N3O2S/c17-14-6-5-10(12-3-1-2-4-13(12)14)7-21-15(18)19-20-16(21)24-11(8-22)9-23/h1-6,8,11,23H,7,9H2. The summed E-state index contributed by atoms with van der Waals surface area (Å²) in [5.74, 6) is 0. The van der Waals surface area contributed by atoms with Crippen molar-refractivity contribution in [1.82, 2.24) is 14.8 Å². The first-order valence-electron chi connectivity index (χ1n) is 7.11. The summed E-state index contributed by atoms with van der Waals surface area (Å²) >= 11 is 8.18. The van der Waals surface area contributed by atoms with E-state index in [0.717, 1.165) is 20.8 Å². The molecule has 1 heterocycles. The van der Waals surface area contributed by atoms with Crippen LogP contribution in [0.2, 0.25) is 0 Å². The van der Waals surface area contributed by atoms with E-state index in [2.05, 4.69) is 60.3 Å². The normalized spacial score (nSPS) is 12.5. The van der Waals surface area contributed by atoms with Gasteiger partial charge in [-0.05, 0) is 38.3 Å². The summed E-state index contributed by atoms with van der Waals surface area (Å²) < 4.78 is 3.51. The Bertz CT molecular complexity index is 885. The molecule has 0 spiro atoms. The van der Waals surface area contributed by atoms with Gasteiger partial charge in [0.25, 0.3) is 0 Å². The highest BCUT2D eigenvalue weighted by Gasteiger charge is 2.17. The van der Waals surface area contributed by atoms with Crippen molar-refractivity contribution in [2.24, 2.45) is 0 Å². The Kier molecular flexibility index (Phi) is 5.70. The average molecular weight is 471 g/mol. The SMILES string of the molecule is O=CC(CO)Sc1nnc(Br)n1Cc1ccc(Br)c2ccccc12. The summed E-state index contributed by atoms with van der Waals surface area (Å²) in [4.78, 5) is 11.0. The molecular weight excluding hydrogens is 458 g/mol. The summed E-state index contributed by atoms with van der Waals surface area (Å²) in [7, 11) is 0. The first kappa shape index (κ1) is 17.6. The lowest BCUT2D eigenvalue weighted by Crippen LogP contribution is -2.12. The second-order valence-corrected chi connectivity index (χ2v) is 7.83. The minimum atomic E-state index is -0.554. The fraction of sp³-hybridized carbons (Fsp3) is 0.188.